The molecule has 4 aromatic rings. The van der Waals surface area contributed by atoms with Gasteiger partial charge >= 0.3 is 5.78 Å². The molecule has 0 saturated heterocycles. The van der Waals surface area contributed by atoms with E-state index in [1.807, 2.05) is 12.3 Å². The maximum Gasteiger partial charge on any atom is 0.302 e. The van der Waals surface area contributed by atoms with E-state index in [1.54, 1.807) is 24.3 Å². The van der Waals surface area contributed by atoms with E-state index >= 15 is 0 Å². The van der Waals surface area contributed by atoms with Gasteiger partial charge in [-0.05, 0) is 19.1 Å². The largest absolute Gasteiger partial charge is 0.425 e. The molecule has 114 valence electrons. The molecule has 0 fully saturated rings. The molecular weight excluding hydrogens is 316 g/mol. The molecular formula is C16H10N2O4S. The fourth-order valence-electron chi connectivity index (χ4n) is 2.28. The molecule has 0 saturated carbocycles. The van der Waals surface area contributed by atoms with Crippen LogP contribution in [0.1, 0.15) is 16.2 Å². The van der Waals surface area contributed by atoms with Crippen LogP contribution in [-0.2, 0) is 0 Å². The summed E-state index contributed by atoms with van der Waals surface area (Å²) in [6, 6.07) is 8.26. The van der Waals surface area contributed by atoms with Crippen molar-refractivity contribution in [1.29, 1.82) is 0 Å². The highest BCUT2D eigenvalue weighted by molar-refractivity contribution is 7.13. The molecule has 1 amide bonds. The summed E-state index contributed by atoms with van der Waals surface area (Å²) < 4.78 is 10.9. The summed E-state index contributed by atoms with van der Waals surface area (Å²) in [7, 11) is 0. The molecule has 0 aliphatic heterocycles. The van der Waals surface area contributed by atoms with Crippen molar-refractivity contribution in [1.82, 2.24) is 4.98 Å². The number of furan rings is 1. The number of para-hydroxylation sites is 1. The van der Waals surface area contributed by atoms with Crippen LogP contribution in [0, 0.1) is 6.92 Å². The molecule has 6 nitrogen and oxygen atoms in total. The number of fused-ring (bicyclic) bond motifs is 2. The predicted octanol–water partition coefficient (Wildman–Crippen LogP) is 3.56. The Morgan fingerprint density at radius 1 is 1.22 bits per heavy atom. The third-order valence-corrected chi connectivity index (χ3v) is 4.22. The van der Waals surface area contributed by atoms with Gasteiger partial charge in [-0.25, -0.2) is 4.98 Å². The van der Waals surface area contributed by atoms with Gasteiger partial charge in [0.25, 0.3) is 5.91 Å². The van der Waals surface area contributed by atoms with Gasteiger partial charge in [0, 0.05) is 11.4 Å². The lowest BCUT2D eigenvalue weighted by Gasteiger charge is -1.96. The Bertz CT molecular complexity index is 1110. The van der Waals surface area contributed by atoms with Crippen LogP contribution < -0.4 is 10.7 Å². The Labute approximate surface area is 133 Å². The van der Waals surface area contributed by atoms with Gasteiger partial charge in [0.15, 0.2) is 10.9 Å². The number of hydrogen-bond donors (Lipinski definition) is 1. The highest BCUT2D eigenvalue weighted by atomic mass is 32.1. The van der Waals surface area contributed by atoms with E-state index in [0.717, 1.165) is 5.69 Å². The van der Waals surface area contributed by atoms with E-state index < -0.39 is 5.91 Å². The number of amides is 1. The Morgan fingerprint density at radius 3 is 2.83 bits per heavy atom. The molecule has 1 N–H and O–H groups in total. The average Bonchev–Trinajstić information content (AvgIpc) is 3.14. The van der Waals surface area contributed by atoms with Gasteiger partial charge in [0.1, 0.15) is 11.0 Å². The lowest BCUT2D eigenvalue weighted by Crippen LogP contribution is -2.10. The van der Waals surface area contributed by atoms with Gasteiger partial charge in [-0.2, -0.15) is 0 Å². The van der Waals surface area contributed by atoms with Crippen molar-refractivity contribution in [2.24, 2.45) is 0 Å². The first-order valence-electron chi connectivity index (χ1n) is 6.81. The topological polar surface area (TPSA) is 85.3 Å². The zero-order valence-corrected chi connectivity index (χ0v) is 12.8. The number of hydrogen-bond acceptors (Lipinski definition) is 6. The second-order valence-electron chi connectivity index (χ2n) is 4.99. The zero-order chi connectivity index (χ0) is 16.0. The third-order valence-electron chi connectivity index (χ3n) is 3.34. The summed E-state index contributed by atoms with van der Waals surface area (Å²) in [5.41, 5.74) is 1.01. The van der Waals surface area contributed by atoms with Crippen LogP contribution in [0.25, 0.3) is 22.1 Å². The maximum absolute atomic E-state index is 12.4. The van der Waals surface area contributed by atoms with Crippen LogP contribution >= 0.6 is 11.3 Å². The Kier molecular flexibility index (Phi) is 3.02. The second kappa shape index (κ2) is 5.06. The lowest BCUT2D eigenvalue weighted by molar-refractivity contribution is 0.0997. The van der Waals surface area contributed by atoms with Gasteiger partial charge in [-0.15, -0.1) is 11.3 Å². The molecule has 0 atom stereocenters. The number of nitrogens with one attached hydrogen (secondary N) is 1. The van der Waals surface area contributed by atoms with Crippen molar-refractivity contribution in [3.8, 4) is 0 Å². The number of anilines is 1. The minimum absolute atomic E-state index is 0.00371. The van der Waals surface area contributed by atoms with Crippen LogP contribution in [0.5, 0.6) is 0 Å². The molecule has 7 heteroatoms. The van der Waals surface area contributed by atoms with Gasteiger partial charge in [-0.1, -0.05) is 12.1 Å². The third kappa shape index (κ3) is 2.31. The SMILES string of the molecule is Cc1csc(NC(=O)c2cc3c(=O)c4ccccc4oc3o2)n1. The van der Waals surface area contributed by atoms with E-state index in [0.29, 0.717) is 16.1 Å². The normalized spacial score (nSPS) is 11.2. The van der Waals surface area contributed by atoms with Gasteiger partial charge < -0.3 is 8.83 Å². The highest BCUT2D eigenvalue weighted by Gasteiger charge is 2.18. The van der Waals surface area contributed by atoms with Crippen molar-refractivity contribution in [2.45, 2.75) is 6.92 Å². The van der Waals surface area contributed by atoms with E-state index in [-0.39, 0.29) is 22.4 Å². The molecule has 0 unspecified atom stereocenters. The fourth-order valence-corrected chi connectivity index (χ4v) is 2.96. The number of carbonyl (C=O) groups excluding carboxylic acids is 1. The first kappa shape index (κ1) is 13.7. The van der Waals surface area contributed by atoms with Crippen molar-refractivity contribution in [3.63, 3.8) is 0 Å². The minimum Gasteiger partial charge on any atom is -0.425 e. The predicted molar refractivity (Wildman–Crippen MR) is 87.1 cm³/mol. The molecule has 1 aromatic carbocycles. The van der Waals surface area contributed by atoms with Crippen molar-refractivity contribution >= 4 is 44.5 Å². The minimum atomic E-state index is -0.478. The van der Waals surface area contributed by atoms with Crippen LogP contribution in [0.3, 0.4) is 0 Å². The van der Waals surface area contributed by atoms with E-state index in [2.05, 4.69) is 10.3 Å². The molecule has 3 heterocycles. The molecule has 23 heavy (non-hydrogen) atoms. The van der Waals surface area contributed by atoms with Crippen LogP contribution in [-0.4, -0.2) is 10.9 Å². The Balaban J connectivity index is 1.79. The number of rotatable bonds is 2. The van der Waals surface area contributed by atoms with E-state index in [4.69, 9.17) is 8.83 Å². The molecule has 3 aromatic heterocycles. The molecule has 4 rings (SSSR count). The second-order valence-corrected chi connectivity index (χ2v) is 5.85. The number of aryl methyl sites for hydroxylation is 1. The van der Waals surface area contributed by atoms with Crippen molar-refractivity contribution < 1.29 is 13.6 Å². The van der Waals surface area contributed by atoms with Crippen molar-refractivity contribution in [2.75, 3.05) is 5.32 Å². The Hall–Kier alpha value is -2.93. The number of carbonyl (C=O) groups is 1. The van der Waals surface area contributed by atoms with E-state index in [9.17, 15) is 9.59 Å². The number of aromatic nitrogens is 1. The van der Waals surface area contributed by atoms with Crippen LogP contribution in [0.2, 0.25) is 0 Å². The smallest absolute Gasteiger partial charge is 0.302 e. The fraction of sp³-hybridized carbons (Fsp3) is 0.0625. The zero-order valence-electron chi connectivity index (χ0n) is 12.0. The number of nitrogens with zero attached hydrogens (tertiary/aromatic N) is 1. The Morgan fingerprint density at radius 2 is 2.04 bits per heavy atom. The van der Waals surface area contributed by atoms with Gasteiger partial charge in [0.2, 0.25) is 5.43 Å². The maximum atomic E-state index is 12.4. The van der Waals surface area contributed by atoms with Gasteiger partial charge in [-0.3, -0.25) is 14.9 Å². The number of thiazole rings is 1. The molecule has 0 aliphatic rings. The first-order chi connectivity index (χ1) is 11.1. The summed E-state index contributed by atoms with van der Waals surface area (Å²) in [5.74, 6) is -0.438. The summed E-state index contributed by atoms with van der Waals surface area (Å²) >= 11 is 1.31. The lowest BCUT2D eigenvalue weighted by atomic mass is 10.2. The monoisotopic (exact) mass is 326 g/mol. The quantitative estimate of drug-likeness (QED) is 0.609. The highest BCUT2D eigenvalue weighted by Crippen LogP contribution is 2.23. The molecule has 0 spiro atoms. The summed E-state index contributed by atoms with van der Waals surface area (Å²) in [6.07, 6.45) is 0. The van der Waals surface area contributed by atoms with Crippen LogP contribution in [0.4, 0.5) is 5.13 Å². The summed E-state index contributed by atoms with van der Waals surface area (Å²) in [6.45, 7) is 1.83. The van der Waals surface area contributed by atoms with Gasteiger partial charge in [0.05, 0.1) is 11.1 Å². The first-order valence-corrected chi connectivity index (χ1v) is 7.68. The average molecular weight is 326 g/mol. The summed E-state index contributed by atoms with van der Waals surface area (Å²) in [5, 5.41) is 5.61. The number of benzene rings is 1. The van der Waals surface area contributed by atoms with Crippen LogP contribution in [0.15, 0.2) is 49.3 Å². The molecule has 0 bridgehead atoms. The molecule has 0 radical (unpaired) electrons. The van der Waals surface area contributed by atoms with Crippen molar-refractivity contribution in [3.05, 3.63) is 57.4 Å². The summed E-state index contributed by atoms with van der Waals surface area (Å²) in [4.78, 5) is 28.8. The molecule has 0 aliphatic carbocycles. The standard InChI is InChI=1S/C16H10N2O4S/c1-8-7-23-16(17-8)18-14(20)12-6-10-13(19)9-4-2-3-5-11(9)21-15(10)22-12/h2-7H,1H3,(H,17,18,20). The van der Waals surface area contributed by atoms with E-state index in [1.165, 1.54) is 17.4 Å².